The lowest BCUT2D eigenvalue weighted by molar-refractivity contribution is -0.123. The average Bonchev–Trinajstić information content (AvgIpc) is 2.27. The van der Waals surface area contributed by atoms with Crippen molar-refractivity contribution in [1.29, 1.82) is 0 Å². The van der Waals surface area contributed by atoms with Crippen molar-refractivity contribution >= 4 is 21.7 Å². The van der Waals surface area contributed by atoms with Crippen molar-refractivity contribution < 1.29 is 4.79 Å². The van der Waals surface area contributed by atoms with E-state index in [-0.39, 0.29) is 11.3 Å². The van der Waals surface area contributed by atoms with Gasteiger partial charge in [0.15, 0.2) is 0 Å². The van der Waals surface area contributed by atoms with E-state index in [1.165, 1.54) is 6.42 Å². The molecule has 12 heavy (non-hydrogen) atoms. The second-order valence-corrected chi connectivity index (χ2v) is 5.01. The van der Waals surface area contributed by atoms with Crippen LogP contribution in [0, 0.1) is 17.3 Å². The highest BCUT2D eigenvalue weighted by molar-refractivity contribution is 9.09. The molecule has 2 unspecified atom stereocenters. The number of carbonyl (C=O) groups excluding carboxylic acids is 1. The Hall–Kier alpha value is 0.150. The monoisotopic (exact) mass is 232 g/mol. The Bertz CT molecular complexity index is 186. The smallest absolute Gasteiger partial charge is 0.147 e. The van der Waals surface area contributed by atoms with Gasteiger partial charge < -0.3 is 0 Å². The average molecular weight is 233 g/mol. The molecule has 0 aliphatic heterocycles. The number of halogens is 1. The molecule has 0 bridgehead atoms. The van der Waals surface area contributed by atoms with Crippen LogP contribution < -0.4 is 0 Å². The first-order chi connectivity index (χ1) is 5.50. The van der Waals surface area contributed by atoms with E-state index in [2.05, 4.69) is 36.7 Å². The molecule has 1 saturated carbocycles. The van der Waals surface area contributed by atoms with Crippen LogP contribution in [-0.4, -0.2) is 11.1 Å². The molecule has 0 aromatic carbocycles. The first-order valence-corrected chi connectivity index (χ1v) is 5.71. The van der Waals surface area contributed by atoms with Gasteiger partial charge in [-0.25, -0.2) is 0 Å². The van der Waals surface area contributed by atoms with Crippen molar-refractivity contribution in [3.63, 3.8) is 0 Å². The van der Waals surface area contributed by atoms with E-state index in [9.17, 15) is 4.79 Å². The van der Waals surface area contributed by atoms with E-state index in [4.69, 9.17) is 0 Å². The summed E-state index contributed by atoms with van der Waals surface area (Å²) < 4.78 is 0. The minimum Gasteiger partial charge on any atom is -0.298 e. The van der Waals surface area contributed by atoms with Gasteiger partial charge in [0.05, 0.1) is 5.33 Å². The van der Waals surface area contributed by atoms with Gasteiger partial charge in [0.2, 0.25) is 0 Å². The molecule has 70 valence electrons. The van der Waals surface area contributed by atoms with E-state index in [1.54, 1.807) is 0 Å². The van der Waals surface area contributed by atoms with Gasteiger partial charge in [-0.05, 0) is 24.2 Å². The lowest BCUT2D eigenvalue weighted by Crippen LogP contribution is -2.30. The Kier molecular flexibility index (Phi) is 2.97. The molecule has 0 aromatic rings. The normalized spacial score (nSPS) is 33.7. The summed E-state index contributed by atoms with van der Waals surface area (Å²) in [7, 11) is 0. The number of alkyl halides is 1. The van der Waals surface area contributed by atoms with E-state index in [1.807, 2.05) is 0 Å². The summed E-state index contributed by atoms with van der Waals surface area (Å²) in [6.07, 6.45) is 2.29. The third kappa shape index (κ3) is 1.59. The molecule has 1 aliphatic carbocycles. The summed E-state index contributed by atoms with van der Waals surface area (Å²) in [4.78, 5) is 11.5. The van der Waals surface area contributed by atoms with E-state index >= 15 is 0 Å². The summed E-state index contributed by atoms with van der Waals surface area (Å²) in [5.74, 6) is 1.35. The van der Waals surface area contributed by atoms with E-state index in [0.717, 1.165) is 6.42 Å². The zero-order valence-corrected chi connectivity index (χ0v) is 9.65. The Balaban J connectivity index is 2.74. The fraction of sp³-hybridized carbons (Fsp3) is 0.900. The molecule has 0 amide bonds. The van der Waals surface area contributed by atoms with Crippen LogP contribution in [0.1, 0.15) is 33.6 Å². The summed E-state index contributed by atoms with van der Waals surface area (Å²) in [6.45, 7) is 6.69. The Morgan fingerprint density at radius 1 is 1.50 bits per heavy atom. The standard InChI is InChI=1S/C10H17BrO/c1-7-4-5-8(9(12)6-11)10(7,2)3/h7-8H,4-6H2,1-3H3. The minimum absolute atomic E-state index is 0.213. The van der Waals surface area contributed by atoms with Crippen molar-refractivity contribution in [2.45, 2.75) is 33.6 Å². The topological polar surface area (TPSA) is 17.1 Å². The molecule has 0 aromatic heterocycles. The third-order valence-electron chi connectivity index (χ3n) is 3.58. The van der Waals surface area contributed by atoms with Crippen LogP contribution in [0.2, 0.25) is 0 Å². The van der Waals surface area contributed by atoms with Crippen molar-refractivity contribution in [3.8, 4) is 0 Å². The van der Waals surface area contributed by atoms with Crippen molar-refractivity contribution in [2.75, 3.05) is 5.33 Å². The summed E-state index contributed by atoms with van der Waals surface area (Å²) >= 11 is 3.25. The number of hydrogen-bond acceptors (Lipinski definition) is 1. The van der Waals surface area contributed by atoms with Crippen LogP contribution in [0.25, 0.3) is 0 Å². The molecular weight excluding hydrogens is 216 g/mol. The SMILES string of the molecule is CC1CCC(C(=O)CBr)C1(C)C. The van der Waals surface area contributed by atoms with Gasteiger partial charge in [-0.2, -0.15) is 0 Å². The Morgan fingerprint density at radius 2 is 2.08 bits per heavy atom. The number of Topliss-reactive ketones (excluding diaryl/α,β-unsaturated/α-hetero) is 1. The Morgan fingerprint density at radius 3 is 2.42 bits per heavy atom. The van der Waals surface area contributed by atoms with Crippen LogP contribution in [0.5, 0.6) is 0 Å². The van der Waals surface area contributed by atoms with Gasteiger partial charge in [0.1, 0.15) is 5.78 Å². The molecule has 2 heteroatoms. The summed E-state index contributed by atoms with van der Waals surface area (Å²) in [5.41, 5.74) is 0.213. The molecule has 0 saturated heterocycles. The molecule has 1 aliphatic rings. The van der Waals surface area contributed by atoms with Crippen LogP contribution in [0.3, 0.4) is 0 Å². The fourth-order valence-corrected chi connectivity index (χ4v) is 2.56. The number of hydrogen-bond donors (Lipinski definition) is 0. The van der Waals surface area contributed by atoms with Crippen LogP contribution in [0.4, 0.5) is 0 Å². The summed E-state index contributed by atoms with van der Waals surface area (Å²) in [5, 5.41) is 0.522. The highest BCUT2D eigenvalue weighted by Crippen LogP contribution is 2.47. The third-order valence-corrected chi connectivity index (χ3v) is 4.13. The van der Waals surface area contributed by atoms with Gasteiger partial charge in [-0.3, -0.25) is 4.79 Å². The van der Waals surface area contributed by atoms with Gasteiger partial charge in [-0.1, -0.05) is 36.7 Å². The molecule has 0 spiro atoms. The van der Waals surface area contributed by atoms with Crippen molar-refractivity contribution in [3.05, 3.63) is 0 Å². The minimum atomic E-state index is 0.213. The van der Waals surface area contributed by atoms with Gasteiger partial charge >= 0.3 is 0 Å². The maximum Gasteiger partial charge on any atom is 0.147 e. The largest absolute Gasteiger partial charge is 0.298 e. The maximum atomic E-state index is 11.5. The second-order valence-electron chi connectivity index (χ2n) is 4.45. The van der Waals surface area contributed by atoms with Gasteiger partial charge in [-0.15, -0.1) is 0 Å². The zero-order chi connectivity index (χ0) is 9.35. The molecule has 1 nitrogen and oxygen atoms in total. The molecule has 2 atom stereocenters. The predicted molar refractivity (Wildman–Crippen MR) is 54.5 cm³/mol. The van der Waals surface area contributed by atoms with Gasteiger partial charge in [0, 0.05) is 5.92 Å². The van der Waals surface area contributed by atoms with E-state index in [0.29, 0.717) is 17.0 Å². The summed E-state index contributed by atoms with van der Waals surface area (Å²) in [6, 6.07) is 0. The molecule has 0 heterocycles. The molecular formula is C10H17BrO. The maximum absolute atomic E-state index is 11.5. The predicted octanol–water partition coefficient (Wildman–Crippen LogP) is 3.02. The first kappa shape index (κ1) is 10.2. The molecule has 0 N–H and O–H groups in total. The number of rotatable bonds is 2. The second kappa shape index (κ2) is 3.49. The van der Waals surface area contributed by atoms with Crippen molar-refractivity contribution in [2.24, 2.45) is 17.3 Å². The molecule has 1 rings (SSSR count). The fourth-order valence-electron chi connectivity index (χ4n) is 2.17. The quantitative estimate of drug-likeness (QED) is 0.670. The highest BCUT2D eigenvalue weighted by atomic mass is 79.9. The molecule has 1 fully saturated rings. The lowest BCUT2D eigenvalue weighted by Gasteiger charge is -2.29. The number of carbonyl (C=O) groups is 1. The zero-order valence-electron chi connectivity index (χ0n) is 8.06. The highest BCUT2D eigenvalue weighted by Gasteiger charge is 2.43. The molecule has 0 radical (unpaired) electrons. The van der Waals surface area contributed by atoms with Crippen LogP contribution in [-0.2, 0) is 4.79 Å². The Labute approximate surface area is 83.0 Å². The lowest BCUT2D eigenvalue weighted by atomic mass is 9.75. The van der Waals surface area contributed by atoms with Gasteiger partial charge in [0.25, 0.3) is 0 Å². The van der Waals surface area contributed by atoms with Crippen molar-refractivity contribution in [1.82, 2.24) is 0 Å². The van der Waals surface area contributed by atoms with Crippen LogP contribution in [0.15, 0.2) is 0 Å². The first-order valence-electron chi connectivity index (χ1n) is 4.58. The van der Waals surface area contributed by atoms with Crippen LogP contribution >= 0.6 is 15.9 Å². The number of ketones is 1. The van der Waals surface area contributed by atoms with E-state index < -0.39 is 0 Å².